The number of carboxylic acid groups (broad SMARTS) is 1. The average molecular weight is 307 g/mol. The van der Waals surface area contributed by atoms with Gasteiger partial charge in [0.1, 0.15) is 5.69 Å². The third-order valence-corrected chi connectivity index (χ3v) is 3.56. The predicted octanol–water partition coefficient (Wildman–Crippen LogP) is 3.54. The molecule has 110 valence electrons. The quantitative estimate of drug-likeness (QED) is 0.811. The predicted molar refractivity (Wildman–Crippen MR) is 81.4 cm³/mol. The van der Waals surface area contributed by atoms with Crippen LogP contribution in [0.5, 0.6) is 0 Å². The van der Waals surface area contributed by atoms with Crippen LogP contribution >= 0.6 is 11.6 Å². The lowest BCUT2D eigenvalue weighted by molar-refractivity contribution is 0.0690. The SMILES string of the molecule is Cc1ccc(NC(=O)c2c(C)[nH]c(C(=O)O)c2C)c(Cl)c1. The molecule has 0 atom stereocenters. The van der Waals surface area contributed by atoms with Gasteiger partial charge >= 0.3 is 5.97 Å². The van der Waals surface area contributed by atoms with Gasteiger partial charge in [0, 0.05) is 5.69 Å². The molecule has 3 N–H and O–H groups in total. The molecule has 0 saturated heterocycles. The highest BCUT2D eigenvalue weighted by atomic mass is 35.5. The van der Waals surface area contributed by atoms with Crippen LogP contribution in [0.2, 0.25) is 5.02 Å². The van der Waals surface area contributed by atoms with Crippen molar-refractivity contribution in [2.75, 3.05) is 5.32 Å². The molecule has 0 aliphatic rings. The van der Waals surface area contributed by atoms with Crippen molar-refractivity contribution in [1.82, 2.24) is 4.98 Å². The third-order valence-electron chi connectivity index (χ3n) is 3.25. The zero-order chi connectivity index (χ0) is 15.7. The fourth-order valence-corrected chi connectivity index (χ4v) is 2.49. The van der Waals surface area contributed by atoms with Gasteiger partial charge in [-0.1, -0.05) is 17.7 Å². The van der Waals surface area contributed by atoms with Crippen LogP contribution in [0.3, 0.4) is 0 Å². The smallest absolute Gasteiger partial charge is 0.352 e. The molecule has 0 unspecified atom stereocenters. The molecule has 1 aromatic heterocycles. The molecule has 0 bridgehead atoms. The van der Waals surface area contributed by atoms with Crippen molar-refractivity contribution in [1.29, 1.82) is 0 Å². The summed E-state index contributed by atoms with van der Waals surface area (Å²) in [5.41, 5.74) is 2.73. The van der Waals surface area contributed by atoms with Crippen LogP contribution in [0.4, 0.5) is 5.69 Å². The van der Waals surface area contributed by atoms with Crippen LogP contribution in [-0.2, 0) is 0 Å². The zero-order valence-electron chi connectivity index (χ0n) is 11.9. The number of rotatable bonds is 3. The molecule has 21 heavy (non-hydrogen) atoms. The van der Waals surface area contributed by atoms with Crippen LogP contribution in [0.1, 0.15) is 37.7 Å². The number of hydrogen-bond acceptors (Lipinski definition) is 2. The van der Waals surface area contributed by atoms with Gasteiger partial charge in [0.15, 0.2) is 0 Å². The van der Waals surface area contributed by atoms with E-state index in [1.807, 2.05) is 13.0 Å². The number of H-pyrrole nitrogens is 1. The molecule has 0 spiro atoms. The first-order valence-corrected chi connectivity index (χ1v) is 6.69. The van der Waals surface area contributed by atoms with Gasteiger partial charge in [0.05, 0.1) is 16.3 Å². The number of aryl methyl sites for hydroxylation is 2. The number of nitrogens with one attached hydrogen (secondary N) is 2. The van der Waals surface area contributed by atoms with Crippen molar-refractivity contribution in [3.8, 4) is 0 Å². The first-order chi connectivity index (χ1) is 9.81. The van der Waals surface area contributed by atoms with E-state index in [1.165, 1.54) is 0 Å². The summed E-state index contributed by atoms with van der Waals surface area (Å²) in [7, 11) is 0. The molecule has 0 saturated carbocycles. The molecule has 1 amide bonds. The number of aromatic carboxylic acids is 1. The molecule has 0 radical (unpaired) electrons. The van der Waals surface area contributed by atoms with E-state index in [2.05, 4.69) is 10.3 Å². The Bertz CT molecular complexity index is 735. The van der Waals surface area contributed by atoms with Crippen LogP contribution in [-0.4, -0.2) is 22.0 Å². The fraction of sp³-hybridized carbons (Fsp3) is 0.200. The van der Waals surface area contributed by atoms with Gasteiger partial charge in [-0.2, -0.15) is 0 Å². The second kappa shape index (κ2) is 5.61. The summed E-state index contributed by atoms with van der Waals surface area (Å²) in [6, 6.07) is 5.29. The van der Waals surface area contributed by atoms with E-state index in [1.54, 1.807) is 26.0 Å². The summed E-state index contributed by atoms with van der Waals surface area (Å²) in [4.78, 5) is 26.1. The van der Waals surface area contributed by atoms with Gasteiger partial charge in [0.2, 0.25) is 0 Å². The number of amides is 1. The maximum Gasteiger partial charge on any atom is 0.352 e. The highest BCUT2D eigenvalue weighted by molar-refractivity contribution is 6.34. The van der Waals surface area contributed by atoms with E-state index in [4.69, 9.17) is 16.7 Å². The summed E-state index contributed by atoms with van der Waals surface area (Å²) in [5, 5.41) is 12.2. The van der Waals surface area contributed by atoms with E-state index < -0.39 is 5.97 Å². The van der Waals surface area contributed by atoms with Crippen molar-refractivity contribution >= 4 is 29.2 Å². The molecular formula is C15H15ClN2O3. The van der Waals surface area contributed by atoms with Gasteiger partial charge in [-0.15, -0.1) is 0 Å². The van der Waals surface area contributed by atoms with Gasteiger partial charge < -0.3 is 15.4 Å². The molecule has 0 fully saturated rings. The minimum Gasteiger partial charge on any atom is -0.477 e. The first kappa shape index (κ1) is 15.1. The third kappa shape index (κ3) is 2.92. The number of halogens is 1. The Balaban J connectivity index is 2.35. The highest BCUT2D eigenvalue weighted by Gasteiger charge is 2.22. The number of aromatic nitrogens is 1. The number of anilines is 1. The van der Waals surface area contributed by atoms with Crippen molar-refractivity contribution in [3.63, 3.8) is 0 Å². The molecule has 0 aliphatic carbocycles. The van der Waals surface area contributed by atoms with Gasteiger partial charge in [-0.05, 0) is 44.0 Å². The van der Waals surface area contributed by atoms with Crippen LogP contribution in [0.15, 0.2) is 18.2 Å². The van der Waals surface area contributed by atoms with Gasteiger partial charge in [-0.25, -0.2) is 4.79 Å². The number of carbonyl (C=O) groups is 2. The Hall–Kier alpha value is -2.27. The summed E-state index contributed by atoms with van der Waals surface area (Å²) in [6.07, 6.45) is 0. The minimum absolute atomic E-state index is 0.0210. The Labute approximate surface area is 126 Å². The second-order valence-corrected chi connectivity index (χ2v) is 5.27. The summed E-state index contributed by atoms with van der Waals surface area (Å²) in [6.45, 7) is 5.15. The molecule has 6 heteroatoms. The maximum atomic E-state index is 12.3. The first-order valence-electron chi connectivity index (χ1n) is 6.31. The number of aromatic amines is 1. The van der Waals surface area contributed by atoms with Crippen molar-refractivity contribution < 1.29 is 14.7 Å². The van der Waals surface area contributed by atoms with Crippen molar-refractivity contribution in [3.05, 3.63) is 51.3 Å². The Morgan fingerprint density at radius 2 is 1.90 bits per heavy atom. The van der Waals surface area contributed by atoms with E-state index in [0.717, 1.165) is 5.56 Å². The standard InChI is InChI=1S/C15H15ClN2O3/c1-7-4-5-11(10(16)6-7)18-14(19)12-8(2)13(15(20)21)17-9(12)3/h4-6,17H,1-3H3,(H,18,19)(H,20,21). The molecule has 2 aromatic rings. The maximum absolute atomic E-state index is 12.3. The number of carbonyl (C=O) groups excluding carboxylic acids is 1. The number of benzene rings is 1. The van der Waals surface area contributed by atoms with Crippen LogP contribution in [0, 0.1) is 20.8 Å². The normalized spacial score (nSPS) is 10.5. The number of carboxylic acids is 1. The largest absolute Gasteiger partial charge is 0.477 e. The minimum atomic E-state index is -1.09. The second-order valence-electron chi connectivity index (χ2n) is 4.87. The monoisotopic (exact) mass is 306 g/mol. The van der Waals surface area contributed by atoms with Crippen LogP contribution < -0.4 is 5.32 Å². The molecule has 1 heterocycles. The van der Waals surface area contributed by atoms with Crippen LogP contribution in [0.25, 0.3) is 0 Å². The molecular weight excluding hydrogens is 292 g/mol. The Morgan fingerprint density at radius 3 is 2.43 bits per heavy atom. The summed E-state index contributed by atoms with van der Waals surface area (Å²) >= 11 is 6.08. The van der Waals surface area contributed by atoms with E-state index in [9.17, 15) is 9.59 Å². The lowest BCUT2D eigenvalue weighted by Gasteiger charge is -2.08. The lowest BCUT2D eigenvalue weighted by Crippen LogP contribution is -2.14. The molecule has 5 nitrogen and oxygen atoms in total. The Kier molecular flexibility index (Phi) is 4.04. The molecule has 1 aromatic carbocycles. The summed E-state index contributed by atoms with van der Waals surface area (Å²) in [5.74, 6) is -1.48. The van der Waals surface area contributed by atoms with Gasteiger partial charge in [0.25, 0.3) is 5.91 Å². The number of hydrogen-bond donors (Lipinski definition) is 3. The zero-order valence-corrected chi connectivity index (χ0v) is 12.6. The fourth-order valence-electron chi connectivity index (χ4n) is 2.21. The van der Waals surface area contributed by atoms with Gasteiger partial charge in [-0.3, -0.25) is 4.79 Å². The van der Waals surface area contributed by atoms with E-state index in [-0.39, 0.29) is 11.6 Å². The van der Waals surface area contributed by atoms with Crippen molar-refractivity contribution in [2.45, 2.75) is 20.8 Å². The highest BCUT2D eigenvalue weighted by Crippen LogP contribution is 2.25. The van der Waals surface area contributed by atoms with Crippen molar-refractivity contribution in [2.24, 2.45) is 0 Å². The summed E-state index contributed by atoms with van der Waals surface area (Å²) < 4.78 is 0. The van der Waals surface area contributed by atoms with E-state index >= 15 is 0 Å². The molecule has 0 aliphatic heterocycles. The Morgan fingerprint density at radius 1 is 1.24 bits per heavy atom. The topological polar surface area (TPSA) is 82.2 Å². The molecule has 2 rings (SSSR count). The lowest BCUT2D eigenvalue weighted by atomic mass is 10.1. The van der Waals surface area contributed by atoms with E-state index in [0.29, 0.717) is 27.5 Å². The average Bonchev–Trinajstić information content (AvgIpc) is 2.68.